The molecule has 0 aliphatic carbocycles. The van der Waals surface area contributed by atoms with E-state index in [0.29, 0.717) is 13.0 Å². The number of rotatable bonds is 27. The van der Waals surface area contributed by atoms with Gasteiger partial charge in [-0.05, 0) is 12.8 Å². The number of esters is 1. The molecule has 0 atom stereocenters. The summed E-state index contributed by atoms with van der Waals surface area (Å²) in [5, 5.41) is 0. The first-order valence-corrected chi connectivity index (χ1v) is 24.9. The topological polar surface area (TPSA) is 26.3 Å². The molecule has 0 radical (unpaired) electrons. The van der Waals surface area contributed by atoms with Crippen molar-refractivity contribution in [2.45, 2.75) is 197 Å². The number of carbonyl (C=O) groups is 1. The van der Waals surface area contributed by atoms with E-state index in [2.05, 4.69) is 55.4 Å². The van der Waals surface area contributed by atoms with Crippen molar-refractivity contribution in [3.63, 3.8) is 0 Å². The van der Waals surface area contributed by atoms with Crippen LogP contribution in [0.3, 0.4) is 0 Å². The van der Waals surface area contributed by atoms with Gasteiger partial charge in [-0.1, -0.05) is 46.0 Å². The first-order chi connectivity index (χ1) is 18.7. The molecule has 0 N–H and O–H groups in total. The molecule has 0 unspecified atom stereocenters. The maximum atomic E-state index is 11.1. The minimum Gasteiger partial charge on any atom is -0.466 e. The van der Waals surface area contributed by atoms with Crippen molar-refractivity contribution in [1.82, 2.24) is 0 Å². The smallest absolute Gasteiger partial charge is 0.305 e. The van der Waals surface area contributed by atoms with Crippen LogP contribution in [0.4, 0.5) is 0 Å². The van der Waals surface area contributed by atoms with Crippen LogP contribution in [0.1, 0.15) is 184 Å². The molecule has 0 saturated carbocycles. The Balaban J connectivity index is 0. The number of ether oxygens (including phenoxy) is 1. The van der Waals surface area contributed by atoms with Gasteiger partial charge in [-0.15, -0.1) is 0 Å². The van der Waals surface area contributed by atoms with Crippen LogP contribution in [0.15, 0.2) is 0 Å². The van der Waals surface area contributed by atoms with Crippen LogP contribution >= 0.6 is 0 Å². The second kappa shape index (κ2) is 32.8. The summed E-state index contributed by atoms with van der Waals surface area (Å²) < 4.78 is 10.2. The van der Waals surface area contributed by atoms with E-state index < -0.39 is 19.8 Å². The van der Waals surface area contributed by atoms with Gasteiger partial charge < -0.3 is 4.74 Å². The van der Waals surface area contributed by atoms with Crippen LogP contribution in [0, 0.1) is 17.8 Å². The number of hydrogen-bond acceptors (Lipinski definition) is 2. The number of unbranched alkanes of at least 4 members (excludes halogenated alkanes) is 11. The van der Waals surface area contributed by atoms with Crippen molar-refractivity contribution in [3.05, 3.63) is 0 Å². The fourth-order valence-corrected chi connectivity index (χ4v) is 15.1. The quantitative estimate of drug-likeness (QED) is 0.0498. The van der Waals surface area contributed by atoms with Crippen molar-refractivity contribution in [2.75, 3.05) is 6.61 Å². The van der Waals surface area contributed by atoms with Gasteiger partial charge in [0.1, 0.15) is 0 Å². The van der Waals surface area contributed by atoms with Crippen molar-refractivity contribution < 1.29 is 9.53 Å². The van der Waals surface area contributed by atoms with Crippen molar-refractivity contribution in [3.8, 4) is 0 Å². The summed E-state index contributed by atoms with van der Waals surface area (Å²) >= 11 is -1.18. The van der Waals surface area contributed by atoms with E-state index in [9.17, 15) is 4.79 Å². The van der Waals surface area contributed by atoms with E-state index >= 15 is 0 Å². The zero-order chi connectivity index (χ0) is 29.6. The third-order valence-corrected chi connectivity index (χ3v) is 18.4. The average molecular weight is 660 g/mol. The van der Waals surface area contributed by atoms with E-state index in [1.165, 1.54) is 77.0 Å². The molecule has 0 bridgehead atoms. The Morgan fingerprint density at radius 2 is 0.897 bits per heavy atom. The van der Waals surface area contributed by atoms with Crippen LogP contribution in [0.25, 0.3) is 0 Å². The standard InChI is InChI=1S/C12H24O2.3C8H17.Sn.H/c1-3-5-7-8-9-10-12(13)14-11-6-4-2;3*1-4-5-6-7-8(2)3;;/h3-11H2,1-2H3;3*8H,1,4-7H2,2-3H3;;. The Morgan fingerprint density at radius 3 is 1.28 bits per heavy atom. The van der Waals surface area contributed by atoms with Crippen molar-refractivity contribution in [1.29, 1.82) is 0 Å². The minimum atomic E-state index is -1.18. The minimum absolute atomic E-state index is 0.0186. The second-order valence-electron chi connectivity index (χ2n) is 13.7. The molecule has 0 heterocycles. The van der Waals surface area contributed by atoms with Crippen LogP contribution in [0.2, 0.25) is 13.3 Å². The SMILES string of the molecule is CC(C)CCCC[CH2][SnH]([CH2]CCCCC(C)C)[CH2]CCCCC(C)C.CCCCCCCC(=O)OCCCC. The van der Waals surface area contributed by atoms with Crippen molar-refractivity contribution >= 4 is 25.7 Å². The maximum absolute atomic E-state index is 11.1. The summed E-state index contributed by atoms with van der Waals surface area (Å²) in [5.41, 5.74) is 0. The van der Waals surface area contributed by atoms with Crippen molar-refractivity contribution in [2.24, 2.45) is 17.8 Å². The Hall–Kier alpha value is 0.269. The Labute approximate surface area is 255 Å². The van der Waals surface area contributed by atoms with Gasteiger partial charge in [0.15, 0.2) is 0 Å². The maximum Gasteiger partial charge on any atom is 0.305 e. The largest absolute Gasteiger partial charge is 0.466 e. The number of carbonyl (C=O) groups excluding carboxylic acids is 1. The monoisotopic (exact) mass is 660 g/mol. The van der Waals surface area contributed by atoms with E-state index in [1.54, 1.807) is 32.6 Å². The Kier molecular flexibility index (Phi) is 34.8. The zero-order valence-electron chi connectivity index (χ0n) is 28.6. The molecule has 0 aliphatic heterocycles. The molecule has 39 heavy (non-hydrogen) atoms. The normalized spacial score (nSPS) is 11.5. The summed E-state index contributed by atoms with van der Waals surface area (Å²) in [6.45, 7) is 19.1. The molecule has 0 saturated heterocycles. The molecule has 0 aromatic carbocycles. The summed E-state index contributed by atoms with van der Waals surface area (Å²) in [6.07, 6.45) is 26.7. The van der Waals surface area contributed by atoms with Gasteiger partial charge >= 0.3 is 175 Å². The van der Waals surface area contributed by atoms with Crippen LogP contribution in [-0.2, 0) is 9.53 Å². The fraction of sp³-hybridized carbons (Fsp3) is 0.972. The van der Waals surface area contributed by atoms with E-state index in [1.807, 2.05) is 0 Å². The molecular weight excluding hydrogens is 583 g/mol. The number of hydrogen-bond donors (Lipinski definition) is 0. The molecule has 2 nitrogen and oxygen atoms in total. The molecule has 0 fully saturated rings. The molecule has 0 aliphatic rings. The first kappa shape index (κ1) is 41.4. The summed E-state index contributed by atoms with van der Waals surface area (Å²) in [4.78, 5) is 11.1. The van der Waals surface area contributed by atoms with Gasteiger partial charge in [-0.2, -0.15) is 0 Å². The molecule has 0 spiro atoms. The van der Waals surface area contributed by atoms with Gasteiger partial charge in [0.2, 0.25) is 0 Å². The summed E-state index contributed by atoms with van der Waals surface area (Å²) in [5.74, 6) is 2.69. The van der Waals surface area contributed by atoms with Gasteiger partial charge in [-0.25, -0.2) is 0 Å². The van der Waals surface area contributed by atoms with Gasteiger partial charge in [0, 0.05) is 6.42 Å². The molecular formula is C36H76O2Sn. The van der Waals surface area contributed by atoms with Crippen LogP contribution < -0.4 is 0 Å². The predicted octanol–water partition coefficient (Wildman–Crippen LogP) is 12.6. The third-order valence-electron chi connectivity index (χ3n) is 7.93. The average Bonchev–Trinajstić information content (AvgIpc) is 2.87. The summed E-state index contributed by atoms with van der Waals surface area (Å²) in [6, 6.07) is 0. The predicted molar refractivity (Wildman–Crippen MR) is 181 cm³/mol. The van der Waals surface area contributed by atoms with E-state index in [0.717, 1.165) is 43.4 Å². The zero-order valence-corrected chi connectivity index (χ0v) is 31.9. The Bertz CT molecular complexity index is 432. The molecule has 3 heteroatoms. The van der Waals surface area contributed by atoms with E-state index in [4.69, 9.17) is 4.74 Å². The molecule has 0 aromatic rings. The molecule has 0 amide bonds. The van der Waals surface area contributed by atoms with Crippen LogP contribution in [-0.4, -0.2) is 32.3 Å². The van der Waals surface area contributed by atoms with Gasteiger partial charge in [0.05, 0.1) is 6.61 Å². The van der Waals surface area contributed by atoms with Gasteiger partial charge in [0.25, 0.3) is 0 Å². The molecule has 236 valence electrons. The third kappa shape index (κ3) is 38.3. The molecule has 0 rings (SSSR count). The Morgan fingerprint density at radius 1 is 0.513 bits per heavy atom. The van der Waals surface area contributed by atoms with Crippen LogP contribution in [0.5, 0.6) is 0 Å². The van der Waals surface area contributed by atoms with E-state index in [-0.39, 0.29) is 5.97 Å². The van der Waals surface area contributed by atoms with Gasteiger partial charge in [-0.3, -0.25) is 4.79 Å². The fourth-order valence-electron chi connectivity index (χ4n) is 5.20. The second-order valence-corrected chi connectivity index (χ2v) is 23.6. The summed E-state index contributed by atoms with van der Waals surface area (Å²) in [7, 11) is 0. The first-order valence-electron chi connectivity index (χ1n) is 17.9. The molecule has 0 aromatic heterocycles.